The van der Waals surface area contributed by atoms with Gasteiger partial charge in [0.25, 0.3) is 0 Å². The molecule has 0 aliphatic carbocycles. The first-order valence-electron chi connectivity index (χ1n) is 8.99. The molecule has 1 aromatic carbocycles. The van der Waals surface area contributed by atoms with Gasteiger partial charge < -0.3 is 24.7 Å². The summed E-state index contributed by atoms with van der Waals surface area (Å²) in [4.78, 5) is 14.8. The van der Waals surface area contributed by atoms with Crippen LogP contribution in [0.5, 0.6) is 17.5 Å². The van der Waals surface area contributed by atoms with Crippen LogP contribution in [-0.2, 0) is 4.74 Å². The van der Waals surface area contributed by atoms with Crippen LogP contribution in [0.3, 0.4) is 0 Å². The highest BCUT2D eigenvalue weighted by atomic mass is 16.6. The Labute approximate surface area is 168 Å². The third-order valence-electron chi connectivity index (χ3n) is 3.90. The third-order valence-corrected chi connectivity index (χ3v) is 3.90. The van der Waals surface area contributed by atoms with Gasteiger partial charge in [-0.05, 0) is 37.3 Å². The van der Waals surface area contributed by atoms with E-state index in [-0.39, 0.29) is 13.2 Å². The van der Waals surface area contributed by atoms with Gasteiger partial charge in [-0.2, -0.15) is 0 Å². The molecule has 2 N–H and O–H groups in total. The Morgan fingerprint density at radius 3 is 2.48 bits per heavy atom. The molecule has 3 rings (SSSR count). The fourth-order valence-electron chi connectivity index (χ4n) is 2.62. The Morgan fingerprint density at radius 2 is 1.86 bits per heavy atom. The molecule has 0 fully saturated rings. The number of ether oxygens (including phenoxy) is 4. The van der Waals surface area contributed by atoms with Crippen molar-refractivity contribution in [1.82, 2.24) is 14.8 Å². The smallest absolute Gasteiger partial charge is 0.404 e. The molecule has 0 saturated heterocycles. The van der Waals surface area contributed by atoms with Crippen molar-refractivity contribution in [3.05, 3.63) is 48.7 Å². The van der Waals surface area contributed by atoms with Crippen molar-refractivity contribution >= 4 is 6.09 Å². The second kappa shape index (κ2) is 9.45. The summed E-state index contributed by atoms with van der Waals surface area (Å²) in [5.74, 6) is 1.68. The molecule has 0 spiro atoms. The number of methoxy groups -OCH3 is 1. The van der Waals surface area contributed by atoms with Crippen LogP contribution in [0.2, 0.25) is 0 Å². The lowest BCUT2D eigenvalue weighted by atomic mass is 10.1. The quantitative estimate of drug-likeness (QED) is 0.552. The molecular weight excluding hydrogens is 376 g/mol. The van der Waals surface area contributed by atoms with Crippen molar-refractivity contribution in [2.45, 2.75) is 6.92 Å². The van der Waals surface area contributed by atoms with Crippen LogP contribution >= 0.6 is 0 Å². The number of carbonyl (C=O) groups is 1. The molecule has 29 heavy (non-hydrogen) atoms. The summed E-state index contributed by atoms with van der Waals surface area (Å²) in [6.07, 6.45) is 0.858. The zero-order valence-electron chi connectivity index (χ0n) is 16.2. The van der Waals surface area contributed by atoms with Crippen LogP contribution in [0.15, 0.2) is 48.7 Å². The van der Waals surface area contributed by atoms with E-state index in [4.69, 9.17) is 19.9 Å². The minimum absolute atomic E-state index is 0.0893. The molecule has 0 atom stereocenters. The molecule has 2 aromatic heterocycles. The summed E-state index contributed by atoms with van der Waals surface area (Å²) in [7, 11) is 1.57. The van der Waals surface area contributed by atoms with Crippen LogP contribution in [0.4, 0.5) is 4.79 Å². The number of hydrogen-bond acceptors (Lipinski definition) is 7. The molecular formula is C20H22N4O5. The fourth-order valence-corrected chi connectivity index (χ4v) is 2.62. The number of aromatic nitrogens is 3. The number of primary amides is 1. The molecule has 0 bridgehead atoms. The molecule has 0 aliphatic rings. The van der Waals surface area contributed by atoms with E-state index < -0.39 is 6.09 Å². The topological polar surface area (TPSA) is 111 Å². The molecule has 1 amide bonds. The summed E-state index contributed by atoms with van der Waals surface area (Å²) in [6.45, 7) is 2.72. The van der Waals surface area contributed by atoms with E-state index in [9.17, 15) is 4.79 Å². The molecule has 0 unspecified atom stereocenters. The van der Waals surface area contributed by atoms with Gasteiger partial charge in [0.1, 0.15) is 19.0 Å². The highest BCUT2D eigenvalue weighted by Gasteiger charge is 2.13. The Bertz CT molecular complexity index is 939. The van der Waals surface area contributed by atoms with Crippen LogP contribution < -0.4 is 19.9 Å². The normalized spacial score (nSPS) is 10.4. The van der Waals surface area contributed by atoms with E-state index in [2.05, 4.69) is 14.8 Å². The second-order valence-electron chi connectivity index (χ2n) is 5.81. The van der Waals surface area contributed by atoms with E-state index in [0.717, 1.165) is 16.9 Å². The molecule has 152 valence electrons. The van der Waals surface area contributed by atoms with E-state index in [1.165, 1.54) is 0 Å². The first-order valence-corrected chi connectivity index (χ1v) is 8.99. The van der Waals surface area contributed by atoms with E-state index in [1.54, 1.807) is 24.1 Å². The van der Waals surface area contributed by atoms with Crippen molar-refractivity contribution in [2.75, 3.05) is 26.9 Å². The van der Waals surface area contributed by atoms with E-state index in [0.29, 0.717) is 24.1 Å². The summed E-state index contributed by atoms with van der Waals surface area (Å²) < 4.78 is 22.6. The maximum Gasteiger partial charge on any atom is 0.404 e. The zero-order valence-corrected chi connectivity index (χ0v) is 16.2. The Balaban J connectivity index is 1.82. The van der Waals surface area contributed by atoms with E-state index >= 15 is 0 Å². The van der Waals surface area contributed by atoms with Crippen molar-refractivity contribution in [3.8, 4) is 34.5 Å². The molecule has 9 nitrogen and oxygen atoms in total. The van der Waals surface area contributed by atoms with Gasteiger partial charge in [0.2, 0.25) is 11.8 Å². The maximum atomic E-state index is 10.6. The number of pyridine rings is 1. The highest BCUT2D eigenvalue weighted by Crippen LogP contribution is 2.28. The van der Waals surface area contributed by atoms with Crippen LogP contribution in [-0.4, -0.2) is 47.8 Å². The molecule has 0 radical (unpaired) electrons. The van der Waals surface area contributed by atoms with Crippen LogP contribution in [0.25, 0.3) is 16.9 Å². The average molecular weight is 398 g/mol. The average Bonchev–Trinajstić information content (AvgIpc) is 3.16. The van der Waals surface area contributed by atoms with E-state index in [1.807, 2.05) is 43.3 Å². The van der Waals surface area contributed by atoms with Crippen molar-refractivity contribution in [2.24, 2.45) is 5.73 Å². The fraction of sp³-hybridized carbons (Fsp3) is 0.250. The number of nitrogens with two attached hydrogens (primary N) is 1. The lowest BCUT2D eigenvalue weighted by molar-refractivity contribution is 0.134. The molecule has 2 heterocycles. The largest absolute Gasteiger partial charge is 0.490 e. The van der Waals surface area contributed by atoms with Gasteiger partial charge in [0.15, 0.2) is 0 Å². The lowest BCUT2D eigenvalue weighted by Crippen LogP contribution is -2.17. The second-order valence-corrected chi connectivity index (χ2v) is 5.81. The zero-order chi connectivity index (χ0) is 20.6. The van der Waals surface area contributed by atoms with Gasteiger partial charge in [-0.15, -0.1) is 5.10 Å². The summed E-state index contributed by atoms with van der Waals surface area (Å²) >= 11 is 0. The number of benzene rings is 1. The monoisotopic (exact) mass is 398 g/mol. The SMILES string of the molecule is CCOc1cc(-c2ccc(OCCOC(N)=O)cc2)n(-c2ccc(OC)nc2)n1. The number of amides is 1. The Hall–Kier alpha value is -3.75. The standard InChI is InChI=1S/C20H22N4O5/c1-3-27-19-12-17(24(23-19)15-6-9-18(26-2)22-13-15)14-4-7-16(8-5-14)28-10-11-29-20(21)25/h4-9,12-13H,3,10-11H2,1-2H3,(H2,21,25). The molecule has 9 heteroatoms. The van der Waals surface area contributed by atoms with Gasteiger partial charge in [-0.1, -0.05) is 0 Å². The predicted octanol–water partition coefficient (Wildman–Crippen LogP) is 2.82. The highest BCUT2D eigenvalue weighted by molar-refractivity contribution is 5.65. The number of hydrogen-bond donors (Lipinski definition) is 1. The maximum absolute atomic E-state index is 10.6. The Kier molecular flexibility index (Phi) is 6.51. The van der Waals surface area contributed by atoms with Gasteiger partial charge in [-0.3, -0.25) is 0 Å². The molecule has 0 aliphatic heterocycles. The first-order chi connectivity index (χ1) is 14.1. The van der Waals surface area contributed by atoms with Gasteiger partial charge >= 0.3 is 6.09 Å². The van der Waals surface area contributed by atoms with Crippen LogP contribution in [0, 0.1) is 0 Å². The Morgan fingerprint density at radius 1 is 1.07 bits per heavy atom. The number of rotatable bonds is 9. The third kappa shape index (κ3) is 5.16. The van der Waals surface area contributed by atoms with Crippen molar-refractivity contribution in [3.63, 3.8) is 0 Å². The number of carbonyl (C=O) groups excluding carboxylic acids is 1. The van der Waals surface area contributed by atoms with Gasteiger partial charge in [-0.25, -0.2) is 14.5 Å². The van der Waals surface area contributed by atoms with Crippen LogP contribution in [0.1, 0.15) is 6.92 Å². The molecule has 0 saturated carbocycles. The minimum Gasteiger partial charge on any atom is -0.490 e. The van der Waals surface area contributed by atoms with Crippen molar-refractivity contribution < 1.29 is 23.7 Å². The summed E-state index contributed by atoms with van der Waals surface area (Å²) in [5, 5.41) is 4.52. The first kappa shape index (κ1) is 20.0. The lowest BCUT2D eigenvalue weighted by Gasteiger charge is -2.09. The van der Waals surface area contributed by atoms with Crippen molar-refractivity contribution in [1.29, 1.82) is 0 Å². The predicted molar refractivity (Wildman–Crippen MR) is 106 cm³/mol. The van der Waals surface area contributed by atoms with Gasteiger partial charge in [0.05, 0.1) is 31.3 Å². The number of nitrogens with zero attached hydrogens (tertiary/aromatic N) is 3. The van der Waals surface area contributed by atoms with Gasteiger partial charge in [0, 0.05) is 17.7 Å². The minimum atomic E-state index is -0.824. The summed E-state index contributed by atoms with van der Waals surface area (Å²) in [5.41, 5.74) is 7.44. The summed E-state index contributed by atoms with van der Waals surface area (Å²) in [6, 6.07) is 13.0. The molecule has 3 aromatic rings.